The van der Waals surface area contributed by atoms with Crippen LogP contribution in [-0.2, 0) is 9.53 Å². The Morgan fingerprint density at radius 3 is 2.38 bits per heavy atom. The van der Waals surface area contributed by atoms with Crippen LogP contribution in [0.25, 0.3) is 0 Å². The van der Waals surface area contributed by atoms with Crippen LogP contribution in [0.1, 0.15) is 29.0 Å². The lowest BCUT2D eigenvalue weighted by molar-refractivity contribution is -0.483. The molecule has 8 nitrogen and oxygen atoms in total. The molecule has 0 aliphatic carbocycles. The van der Waals surface area contributed by atoms with Gasteiger partial charge in [-0.1, -0.05) is 6.07 Å². The second kappa shape index (κ2) is 6.78. The molecule has 0 amide bonds. The molecule has 1 aromatic carbocycles. The summed E-state index contributed by atoms with van der Waals surface area (Å²) >= 11 is 0. The molecule has 0 saturated carbocycles. The first-order chi connectivity index (χ1) is 9.77. The Kier molecular flexibility index (Phi) is 5.34. The minimum absolute atomic E-state index is 0.117. The first-order valence-corrected chi connectivity index (χ1v) is 6.21. The van der Waals surface area contributed by atoms with E-state index in [1.54, 1.807) is 6.92 Å². The Bertz CT molecular complexity index is 584. The number of carbonyl (C=O) groups excluding carboxylic acids is 1. The van der Waals surface area contributed by atoms with E-state index in [0.29, 0.717) is 16.7 Å². The van der Waals surface area contributed by atoms with Crippen molar-refractivity contribution in [2.45, 2.75) is 26.2 Å². The zero-order valence-electron chi connectivity index (χ0n) is 12.0. The van der Waals surface area contributed by atoms with Gasteiger partial charge in [-0.3, -0.25) is 25.0 Å². The molecule has 1 aromatic rings. The Morgan fingerprint density at radius 2 is 1.90 bits per heavy atom. The molecule has 0 aliphatic heterocycles. The molecule has 1 atom stereocenters. The molecule has 114 valence electrons. The number of carbonyl (C=O) groups is 1. The number of nitrogens with zero attached hydrogens (tertiary/aromatic N) is 2. The van der Waals surface area contributed by atoms with Crippen LogP contribution in [0, 0.1) is 34.1 Å². The summed E-state index contributed by atoms with van der Waals surface area (Å²) in [7, 11) is 1.19. The van der Waals surface area contributed by atoms with Gasteiger partial charge in [0.15, 0.2) is 0 Å². The van der Waals surface area contributed by atoms with Gasteiger partial charge in [-0.15, -0.1) is 0 Å². The van der Waals surface area contributed by atoms with Crippen LogP contribution in [0.5, 0.6) is 0 Å². The number of benzene rings is 1. The second-order valence-corrected chi connectivity index (χ2v) is 4.69. The molecule has 0 N–H and O–H groups in total. The van der Waals surface area contributed by atoms with E-state index in [2.05, 4.69) is 4.74 Å². The van der Waals surface area contributed by atoms with E-state index >= 15 is 0 Å². The zero-order valence-corrected chi connectivity index (χ0v) is 12.0. The summed E-state index contributed by atoms with van der Waals surface area (Å²) in [6.45, 7) is 2.75. The molecule has 0 fully saturated rings. The van der Waals surface area contributed by atoms with Crippen LogP contribution in [0.2, 0.25) is 0 Å². The molecule has 21 heavy (non-hydrogen) atoms. The van der Waals surface area contributed by atoms with Crippen molar-refractivity contribution in [2.75, 3.05) is 13.7 Å². The predicted molar refractivity (Wildman–Crippen MR) is 73.8 cm³/mol. The quantitative estimate of drug-likeness (QED) is 0.451. The lowest BCUT2D eigenvalue weighted by Gasteiger charge is -2.17. The van der Waals surface area contributed by atoms with E-state index < -0.39 is 28.3 Å². The molecular weight excluding hydrogens is 280 g/mol. The summed E-state index contributed by atoms with van der Waals surface area (Å²) in [5.41, 5.74) is 1.37. The van der Waals surface area contributed by atoms with Gasteiger partial charge in [0.1, 0.15) is 0 Å². The number of esters is 1. The highest BCUT2D eigenvalue weighted by atomic mass is 16.6. The highest BCUT2D eigenvalue weighted by Gasteiger charge is 2.28. The van der Waals surface area contributed by atoms with Crippen molar-refractivity contribution < 1.29 is 19.4 Å². The van der Waals surface area contributed by atoms with Crippen molar-refractivity contribution in [3.05, 3.63) is 49.1 Å². The summed E-state index contributed by atoms with van der Waals surface area (Å²) in [6, 6.07) is 2.89. The molecule has 1 rings (SSSR count). The van der Waals surface area contributed by atoms with Crippen molar-refractivity contribution in [1.82, 2.24) is 0 Å². The SMILES string of the molecule is COC(=O)CC(C[N+](=O)[O-])c1c(C)ccc([N+](=O)[O-])c1C. The molecule has 0 radical (unpaired) electrons. The summed E-state index contributed by atoms with van der Waals surface area (Å²) in [5, 5.41) is 21.8. The van der Waals surface area contributed by atoms with E-state index in [1.165, 1.54) is 26.2 Å². The number of hydrogen-bond donors (Lipinski definition) is 0. The monoisotopic (exact) mass is 296 g/mol. The smallest absolute Gasteiger partial charge is 0.306 e. The Hall–Kier alpha value is -2.51. The maximum absolute atomic E-state index is 11.4. The lowest BCUT2D eigenvalue weighted by atomic mass is 9.87. The lowest BCUT2D eigenvalue weighted by Crippen LogP contribution is -2.19. The molecule has 0 spiro atoms. The van der Waals surface area contributed by atoms with Gasteiger partial charge in [0.05, 0.1) is 24.4 Å². The van der Waals surface area contributed by atoms with E-state index in [-0.39, 0.29) is 12.1 Å². The fourth-order valence-electron chi connectivity index (χ4n) is 2.40. The molecule has 8 heteroatoms. The Balaban J connectivity index is 3.34. The number of hydrogen-bond acceptors (Lipinski definition) is 6. The minimum atomic E-state index is -0.757. The number of ether oxygens (including phenoxy) is 1. The molecule has 0 saturated heterocycles. The molecule has 0 heterocycles. The van der Waals surface area contributed by atoms with E-state index in [4.69, 9.17) is 0 Å². The highest BCUT2D eigenvalue weighted by molar-refractivity contribution is 5.71. The van der Waals surface area contributed by atoms with E-state index in [1.807, 2.05) is 0 Å². The fraction of sp³-hybridized carbons (Fsp3) is 0.462. The average Bonchev–Trinajstić information content (AvgIpc) is 2.37. The molecular formula is C13H16N2O6. The summed E-state index contributed by atoms with van der Waals surface area (Å²) < 4.78 is 4.55. The largest absolute Gasteiger partial charge is 0.469 e. The summed E-state index contributed by atoms with van der Waals surface area (Å²) in [4.78, 5) is 32.2. The minimum Gasteiger partial charge on any atom is -0.469 e. The van der Waals surface area contributed by atoms with Gasteiger partial charge in [0.2, 0.25) is 6.54 Å². The van der Waals surface area contributed by atoms with Crippen LogP contribution < -0.4 is 0 Å². The average molecular weight is 296 g/mol. The zero-order chi connectivity index (χ0) is 16.2. The van der Waals surface area contributed by atoms with Crippen molar-refractivity contribution in [2.24, 2.45) is 0 Å². The molecule has 0 aromatic heterocycles. The molecule has 1 unspecified atom stereocenters. The van der Waals surface area contributed by atoms with Crippen LogP contribution in [0.4, 0.5) is 5.69 Å². The first-order valence-electron chi connectivity index (χ1n) is 6.21. The number of nitro benzene ring substituents is 1. The number of rotatable bonds is 6. The van der Waals surface area contributed by atoms with Crippen LogP contribution >= 0.6 is 0 Å². The number of methoxy groups -OCH3 is 1. The third-order valence-electron chi connectivity index (χ3n) is 3.32. The normalized spacial score (nSPS) is 11.8. The predicted octanol–water partition coefficient (Wildman–Crippen LogP) is 2.14. The fourth-order valence-corrected chi connectivity index (χ4v) is 2.40. The van der Waals surface area contributed by atoms with Crippen molar-refractivity contribution >= 4 is 11.7 Å². The third kappa shape index (κ3) is 3.98. The maximum atomic E-state index is 11.4. The number of aryl methyl sites for hydroxylation is 1. The Labute approximate surface area is 121 Å². The van der Waals surface area contributed by atoms with Gasteiger partial charge in [-0.05, 0) is 25.0 Å². The standard InChI is InChI=1S/C13H16N2O6/c1-8-4-5-11(15(19)20)9(2)13(8)10(7-14(17)18)6-12(16)21-3/h4-5,10H,6-7H2,1-3H3. The summed E-state index contributed by atoms with van der Waals surface area (Å²) in [6.07, 6.45) is -0.194. The topological polar surface area (TPSA) is 113 Å². The van der Waals surface area contributed by atoms with Crippen LogP contribution in [-0.4, -0.2) is 29.5 Å². The summed E-state index contributed by atoms with van der Waals surface area (Å²) in [5.74, 6) is -1.35. The van der Waals surface area contributed by atoms with Gasteiger partial charge in [0, 0.05) is 16.6 Å². The van der Waals surface area contributed by atoms with E-state index in [0.717, 1.165) is 0 Å². The van der Waals surface area contributed by atoms with Crippen LogP contribution in [0.15, 0.2) is 12.1 Å². The van der Waals surface area contributed by atoms with Crippen molar-refractivity contribution in [1.29, 1.82) is 0 Å². The van der Waals surface area contributed by atoms with Gasteiger partial charge in [-0.25, -0.2) is 0 Å². The Morgan fingerprint density at radius 1 is 1.29 bits per heavy atom. The third-order valence-corrected chi connectivity index (χ3v) is 3.32. The first kappa shape index (κ1) is 16.5. The van der Waals surface area contributed by atoms with E-state index in [9.17, 15) is 25.0 Å². The van der Waals surface area contributed by atoms with Crippen molar-refractivity contribution in [3.8, 4) is 0 Å². The molecule has 0 aliphatic rings. The van der Waals surface area contributed by atoms with Gasteiger partial charge in [0.25, 0.3) is 5.69 Å². The number of nitro groups is 2. The van der Waals surface area contributed by atoms with Gasteiger partial charge in [-0.2, -0.15) is 0 Å². The molecule has 0 bridgehead atoms. The highest BCUT2D eigenvalue weighted by Crippen LogP contribution is 2.32. The van der Waals surface area contributed by atoms with Crippen molar-refractivity contribution in [3.63, 3.8) is 0 Å². The second-order valence-electron chi connectivity index (χ2n) is 4.69. The van der Waals surface area contributed by atoms with Gasteiger partial charge < -0.3 is 4.74 Å². The van der Waals surface area contributed by atoms with Gasteiger partial charge >= 0.3 is 5.97 Å². The maximum Gasteiger partial charge on any atom is 0.306 e. The van der Waals surface area contributed by atoms with Crippen LogP contribution in [0.3, 0.4) is 0 Å².